The maximum atomic E-state index is 5.98. The summed E-state index contributed by atoms with van der Waals surface area (Å²) in [6.07, 6.45) is 6.50. The van der Waals surface area contributed by atoms with Crippen molar-refractivity contribution in [3.8, 4) is 0 Å². The van der Waals surface area contributed by atoms with Crippen LogP contribution in [0.4, 0.5) is 0 Å². The highest BCUT2D eigenvalue weighted by Crippen LogP contribution is 2.18. The van der Waals surface area contributed by atoms with Gasteiger partial charge >= 0.3 is 0 Å². The van der Waals surface area contributed by atoms with Crippen molar-refractivity contribution >= 4 is 0 Å². The summed E-state index contributed by atoms with van der Waals surface area (Å²) in [6, 6.07) is 4.14. The van der Waals surface area contributed by atoms with Crippen molar-refractivity contribution in [1.29, 1.82) is 0 Å². The van der Waals surface area contributed by atoms with Crippen molar-refractivity contribution in [3.63, 3.8) is 0 Å². The first-order chi connectivity index (χ1) is 7.83. The molecule has 16 heavy (non-hydrogen) atoms. The second kappa shape index (κ2) is 3.79. The molecule has 2 aromatic rings. The van der Waals surface area contributed by atoms with E-state index in [1.54, 1.807) is 6.26 Å². The van der Waals surface area contributed by atoms with Gasteiger partial charge in [0, 0.05) is 24.5 Å². The Labute approximate surface area is 94.1 Å². The number of rotatable bonds is 2. The van der Waals surface area contributed by atoms with Crippen molar-refractivity contribution in [2.45, 2.75) is 31.8 Å². The summed E-state index contributed by atoms with van der Waals surface area (Å²) in [5, 5.41) is 0. The fourth-order valence-corrected chi connectivity index (χ4v) is 2.25. The molecular formula is C12H15N3O. The van der Waals surface area contributed by atoms with Crippen molar-refractivity contribution in [2.24, 2.45) is 5.73 Å². The van der Waals surface area contributed by atoms with E-state index in [4.69, 9.17) is 10.2 Å². The third-order valence-electron chi connectivity index (χ3n) is 3.12. The van der Waals surface area contributed by atoms with Crippen LogP contribution in [-0.4, -0.2) is 15.6 Å². The molecule has 1 unspecified atom stereocenters. The fraction of sp³-hybridized carbons (Fsp3) is 0.417. The summed E-state index contributed by atoms with van der Waals surface area (Å²) in [7, 11) is 0. The molecule has 0 aromatic carbocycles. The summed E-state index contributed by atoms with van der Waals surface area (Å²) in [5.74, 6) is 2.01. The van der Waals surface area contributed by atoms with E-state index < -0.39 is 0 Å². The average Bonchev–Trinajstić information content (AvgIpc) is 2.90. The SMILES string of the molecule is NC1CCc2cnc(Cc3ccco3)n2C1. The van der Waals surface area contributed by atoms with Crippen LogP contribution in [0.5, 0.6) is 0 Å². The first-order valence-electron chi connectivity index (χ1n) is 5.64. The molecule has 1 aliphatic rings. The Hall–Kier alpha value is -1.55. The number of hydrogen-bond donors (Lipinski definition) is 1. The molecule has 0 bridgehead atoms. The Bertz CT molecular complexity index is 472. The minimum absolute atomic E-state index is 0.261. The minimum atomic E-state index is 0.261. The largest absolute Gasteiger partial charge is 0.469 e. The van der Waals surface area contributed by atoms with Crippen LogP contribution in [0, 0.1) is 0 Å². The summed E-state index contributed by atoms with van der Waals surface area (Å²) >= 11 is 0. The van der Waals surface area contributed by atoms with E-state index >= 15 is 0 Å². The maximum Gasteiger partial charge on any atom is 0.116 e. The van der Waals surface area contributed by atoms with Crippen molar-refractivity contribution in [3.05, 3.63) is 41.9 Å². The van der Waals surface area contributed by atoms with E-state index in [0.29, 0.717) is 0 Å². The summed E-state index contributed by atoms with van der Waals surface area (Å²) in [6.45, 7) is 0.880. The molecule has 0 spiro atoms. The number of aromatic nitrogens is 2. The maximum absolute atomic E-state index is 5.98. The van der Waals surface area contributed by atoms with Gasteiger partial charge < -0.3 is 14.7 Å². The average molecular weight is 217 g/mol. The molecule has 84 valence electrons. The molecule has 0 amide bonds. The van der Waals surface area contributed by atoms with Crippen LogP contribution >= 0.6 is 0 Å². The van der Waals surface area contributed by atoms with Crippen molar-refractivity contribution < 1.29 is 4.42 Å². The van der Waals surface area contributed by atoms with E-state index in [2.05, 4.69) is 9.55 Å². The molecule has 3 rings (SSSR count). The van der Waals surface area contributed by atoms with Crippen molar-refractivity contribution in [1.82, 2.24) is 9.55 Å². The molecule has 0 aliphatic carbocycles. The Morgan fingerprint density at radius 1 is 1.56 bits per heavy atom. The Morgan fingerprint density at radius 3 is 3.31 bits per heavy atom. The number of imidazole rings is 1. The number of aryl methyl sites for hydroxylation is 1. The standard InChI is InChI=1S/C12H15N3O/c13-9-3-4-10-7-14-12(15(10)8-9)6-11-2-1-5-16-11/h1-2,5,7,9H,3-4,6,8,13H2. The quantitative estimate of drug-likeness (QED) is 0.825. The van der Waals surface area contributed by atoms with Gasteiger partial charge in [0.15, 0.2) is 0 Å². The van der Waals surface area contributed by atoms with Crippen LogP contribution in [0.25, 0.3) is 0 Å². The van der Waals surface area contributed by atoms with Gasteiger partial charge in [-0.1, -0.05) is 0 Å². The predicted octanol–water partition coefficient (Wildman–Crippen LogP) is 1.34. The normalized spacial score (nSPS) is 19.7. The Morgan fingerprint density at radius 2 is 2.50 bits per heavy atom. The molecule has 2 N–H and O–H groups in total. The van der Waals surface area contributed by atoms with E-state index in [9.17, 15) is 0 Å². The van der Waals surface area contributed by atoms with Gasteiger partial charge in [-0.2, -0.15) is 0 Å². The second-order valence-corrected chi connectivity index (χ2v) is 4.33. The molecule has 1 aliphatic heterocycles. The summed E-state index contributed by atoms with van der Waals surface area (Å²) < 4.78 is 7.57. The third-order valence-corrected chi connectivity index (χ3v) is 3.12. The van der Waals surface area contributed by atoms with Crippen LogP contribution < -0.4 is 5.73 Å². The highest BCUT2D eigenvalue weighted by molar-refractivity contribution is 5.14. The molecule has 0 radical (unpaired) electrons. The van der Waals surface area contributed by atoms with Crippen LogP contribution in [0.2, 0.25) is 0 Å². The number of fused-ring (bicyclic) bond motifs is 1. The lowest BCUT2D eigenvalue weighted by Gasteiger charge is -2.22. The highest BCUT2D eigenvalue weighted by Gasteiger charge is 2.19. The number of hydrogen-bond acceptors (Lipinski definition) is 3. The monoisotopic (exact) mass is 217 g/mol. The molecule has 3 heterocycles. The third kappa shape index (κ3) is 1.65. The van der Waals surface area contributed by atoms with Crippen LogP contribution in [-0.2, 0) is 19.4 Å². The van der Waals surface area contributed by atoms with E-state index in [-0.39, 0.29) is 6.04 Å². The molecule has 0 saturated heterocycles. The van der Waals surface area contributed by atoms with Crippen molar-refractivity contribution in [2.75, 3.05) is 0 Å². The molecule has 4 heteroatoms. The number of furan rings is 1. The van der Waals surface area contributed by atoms with Gasteiger partial charge in [0.1, 0.15) is 11.6 Å². The lowest BCUT2D eigenvalue weighted by Crippen LogP contribution is -2.32. The zero-order chi connectivity index (χ0) is 11.0. The zero-order valence-electron chi connectivity index (χ0n) is 9.10. The lowest BCUT2D eigenvalue weighted by molar-refractivity contribution is 0.444. The van der Waals surface area contributed by atoms with Gasteiger partial charge in [-0.3, -0.25) is 0 Å². The highest BCUT2D eigenvalue weighted by atomic mass is 16.3. The second-order valence-electron chi connectivity index (χ2n) is 4.33. The van der Waals surface area contributed by atoms with E-state index in [1.807, 2.05) is 18.3 Å². The van der Waals surface area contributed by atoms with Gasteiger partial charge in [0.2, 0.25) is 0 Å². The molecule has 1 atom stereocenters. The smallest absolute Gasteiger partial charge is 0.116 e. The zero-order valence-corrected chi connectivity index (χ0v) is 9.10. The van der Waals surface area contributed by atoms with Gasteiger partial charge in [-0.15, -0.1) is 0 Å². The van der Waals surface area contributed by atoms with Crippen LogP contribution in [0.1, 0.15) is 23.7 Å². The molecule has 2 aromatic heterocycles. The van der Waals surface area contributed by atoms with E-state index in [1.165, 1.54) is 5.69 Å². The molecular weight excluding hydrogens is 202 g/mol. The fourth-order valence-electron chi connectivity index (χ4n) is 2.25. The minimum Gasteiger partial charge on any atom is -0.469 e. The van der Waals surface area contributed by atoms with Gasteiger partial charge in [-0.25, -0.2) is 4.98 Å². The van der Waals surface area contributed by atoms with Gasteiger partial charge in [-0.05, 0) is 25.0 Å². The van der Waals surface area contributed by atoms with Crippen LogP contribution in [0.15, 0.2) is 29.0 Å². The first-order valence-corrected chi connectivity index (χ1v) is 5.64. The lowest BCUT2D eigenvalue weighted by atomic mass is 10.1. The van der Waals surface area contributed by atoms with Crippen LogP contribution in [0.3, 0.4) is 0 Å². The molecule has 4 nitrogen and oxygen atoms in total. The van der Waals surface area contributed by atoms with Gasteiger partial charge in [0.25, 0.3) is 0 Å². The number of nitrogens with zero attached hydrogens (tertiary/aromatic N) is 2. The summed E-state index contributed by atoms with van der Waals surface area (Å²) in [5.41, 5.74) is 7.27. The summed E-state index contributed by atoms with van der Waals surface area (Å²) in [4.78, 5) is 4.45. The first kappa shape index (κ1) is 9.66. The Kier molecular flexibility index (Phi) is 2.29. The topological polar surface area (TPSA) is 57.0 Å². The number of nitrogens with two attached hydrogens (primary N) is 1. The van der Waals surface area contributed by atoms with E-state index in [0.717, 1.165) is 37.4 Å². The molecule has 0 saturated carbocycles. The molecule has 0 fully saturated rings. The van der Waals surface area contributed by atoms with Gasteiger partial charge in [0.05, 0.1) is 12.7 Å². The predicted molar refractivity (Wildman–Crippen MR) is 60.0 cm³/mol. The Balaban J connectivity index is 1.88.